The Morgan fingerprint density at radius 3 is 2.94 bits per heavy atom. The van der Waals surface area contributed by atoms with Crippen molar-refractivity contribution < 1.29 is 9.90 Å². The molecule has 1 atom stereocenters. The van der Waals surface area contributed by atoms with Crippen LogP contribution in [-0.4, -0.2) is 35.6 Å². The summed E-state index contributed by atoms with van der Waals surface area (Å²) < 4.78 is 0. The van der Waals surface area contributed by atoms with Crippen LogP contribution in [0.25, 0.3) is 0 Å². The summed E-state index contributed by atoms with van der Waals surface area (Å²) in [6.45, 7) is 3.03. The van der Waals surface area contributed by atoms with E-state index in [-0.39, 0.29) is 6.42 Å². The number of aliphatic carboxylic acids is 1. The van der Waals surface area contributed by atoms with E-state index in [0.29, 0.717) is 6.04 Å². The SMILES string of the molecule is CC(Cc1cccs1)N(C)CCCC(=O)O. The van der Waals surface area contributed by atoms with E-state index in [1.165, 1.54) is 4.88 Å². The number of rotatable bonds is 7. The summed E-state index contributed by atoms with van der Waals surface area (Å²) in [7, 11) is 2.06. The maximum atomic E-state index is 10.4. The van der Waals surface area contributed by atoms with Crippen molar-refractivity contribution >= 4 is 17.3 Å². The smallest absolute Gasteiger partial charge is 0.303 e. The van der Waals surface area contributed by atoms with Gasteiger partial charge in [-0.2, -0.15) is 0 Å². The highest BCUT2D eigenvalue weighted by atomic mass is 32.1. The fourth-order valence-corrected chi connectivity index (χ4v) is 2.40. The molecule has 1 heterocycles. The predicted octanol–water partition coefficient (Wildman–Crippen LogP) is 2.48. The molecule has 0 saturated carbocycles. The number of carboxylic acid groups (broad SMARTS) is 1. The van der Waals surface area contributed by atoms with Crippen molar-refractivity contribution in [3.05, 3.63) is 22.4 Å². The van der Waals surface area contributed by atoms with Crippen LogP contribution in [0, 0.1) is 0 Å². The largest absolute Gasteiger partial charge is 0.481 e. The van der Waals surface area contributed by atoms with Gasteiger partial charge in [-0.25, -0.2) is 0 Å². The van der Waals surface area contributed by atoms with Crippen LogP contribution in [0.3, 0.4) is 0 Å². The molecule has 0 aliphatic carbocycles. The van der Waals surface area contributed by atoms with Gasteiger partial charge < -0.3 is 10.0 Å². The highest BCUT2D eigenvalue weighted by Crippen LogP contribution is 2.13. The monoisotopic (exact) mass is 241 g/mol. The molecule has 1 N–H and O–H groups in total. The Morgan fingerprint density at radius 1 is 1.62 bits per heavy atom. The Balaban J connectivity index is 2.25. The van der Waals surface area contributed by atoms with Gasteiger partial charge in [-0.1, -0.05) is 6.07 Å². The van der Waals surface area contributed by atoms with Crippen LogP contribution in [0.1, 0.15) is 24.6 Å². The van der Waals surface area contributed by atoms with Crippen molar-refractivity contribution in [2.75, 3.05) is 13.6 Å². The first-order valence-electron chi connectivity index (χ1n) is 5.54. The molecule has 0 bridgehead atoms. The minimum Gasteiger partial charge on any atom is -0.481 e. The molecule has 3 nitrogen and oxygen atoms in total. The molecule has 0 aliphatic rings. The summed E-state index contributed by atoms with van der Waals surface area (Å²) in [5.74, 6) is -0.709. The van der Waals surface area contributed by atoms with E-state index in [9.17, 15) is 4.79 Å². The topological polar surface area (TPSA) is 40.5 Å². The number of nitrogens with zero attached hydrogens (tertiary/aromatic N) is 1. The molecule has 0 saturated heterocycles. The summed E-state index contributed by atoms with van der Waals surface area (Å²) in [5.41, 5.74) is 0. The van der Waals surface area contributed by atoms with Crippen LogP contribution in [0.15, 0.2) is 17.5 Å². The van der Waals surface area contributed by atoms with Crippen LogP contribution < -0.4 is 0 Å². The van der Waals surface area contributed by atoms with Crippen LogP contribution in [0.5, 0.6) is 0 Å². The third kappa shape index (κ3) is 4.77. The third-order valence-corrected chi connectivity index (χ3v) is 3.63. The molecule has 90 valence electrons. The maximum absolute atomic E-state index is 10.4. The Hall–Kier alpha value is -0.870. The van der Waals surface area contributed by atoms with Gasteiger partial charge in [0.1, 0.15) is 0 Å². The van der Waals surface area contributed by atoms with Crippen molar-refractivity contribution in [2.24, 2.45) is 0 Å². The maximum Gasteiger partial charge on any atom is 0.303 e. The average Bonchev–Trinajstić information content (AvgIpc) is 2.69. The van der Waals surface area contributed by atoms with Crippen LogP contribution in [0.2, 0.25) is 0 Å². The molecule has 0 aliphatic heterocycles. The number of thiophene rings is 1. The average molecular weight is 241 g/mol. The molecule has 1 aromatic heterocycles. The molecule has 0 spiro atoms. The first-order valence-corrected chi connectivity index (χ1v) is 6.42. The molecule has 1 rings (SSSR count). The van der Waals surface area contributed by atoms with Crippen LogP contribution in [-0.2, 0) is 11.2 Å². The van der Waals surface area contributed by atoms with Gasteiger partial charge in [0, 0.05) is 17.3 Å². The van der Waals surface area contributed by atoms with Gasteiger partial charge in [-0.15, -0.1) is 11.3 Å². The molecular weight excluding hydrogens is 222 g/mol. The Labute approximate surface area is 101 Å². The second kappa shape index (κ2) is 6.66. The lowest BCUT2D eigenvalue weighted by molar-refractivity contribution is -0.137. The minimum absolute atomic E-state index is 0.260. The van der Waals surface area contributed by atoms with Gasteiger partial charge in [0.2, 0.25) is 0 Å². The molecule has 0 aromatic carbocycles. The molecule has 0 fully saturated rings. The summed E-state index contributed by atoms with van der Waals surface area (Å²) in [4.78, 5) is 14.0. The van der Waals surface area contributed by atoms with Crippen LogP contribution >= 0.6 is 11.3 Å². The van der Waals surface area contributed by atoms with Gasteiger partial charge in [0.05, 0.1) is 0 Å². The van der Waals surface area contributed by atoms with E-state index in [4.69, 9.17) is 5.11 Å². The third-order valence-electron chi connectivity index (χ3n) is 2.73. The fraction of sp³-hybridized carbons (Fsp3) is 0.583. The van der Waals surface area contributed by atoms with E-state index in [0.717, 1.165) is 19.4 Å². The summed E-state index contributed by atoms with van der Waals surface area (Å²) in [6, 6.07) is 4.68. The van der Waals surface area contributed by atoms with E-state index in [1.807, 2.05) is 0 Å². The van der Waals surface area contributed by atoms with Gasteiger partial charge in [0.15, 0.2) is 0 Å². The Morgan fingerprint density at radius 2 is 2.38 bits per heavy atom. The van der Waals surface area contributed by atoms with Gasteiger partial charge in [-0.05, 0) is 44.8 Å². The molecule has 4 heteroatoms. The van der Waals surface area contributed by atoms with Crippen molar-refractivity contribution in [1.82, 2.24) is 4.90 Å². The zero-order valence-corrected chi connectivity index (χ0v) is 10.7. The van der Waals surface area contributed by atoms with E-state index in [2.05, 4.69) is 36.4 Å². The summed E-state index contributed by atoms with van der Waals surface area (Å²) >= 11 is 1.78. The Bertz CT molecular complexity index is 311. The zero-order chi connectivity index (χ0) is 12.0. The fourth-order valence-electron chi connectivity index (χ4n) is 1.58. The van der Waals surface area contributed by atoms with Crippen molar-refractivity contribution in [3.63, 3.8) is 0 Å². The molecular formula is C12H19NO2S. The van der Waals surface area contributed by atoms with Gasteiger partial charge >= 0.3 is 5.97 Å². The van der Waals surface area contributed by atoms with Crippen molar-refractivity contribution in [3.8, 4) is 0 Å². The zero-order valence-electron chi connectivity index (χ0n) is 9.85. The molecule has 0 amide bonds. The van der Waals surface area contributed by atoms with Crippen molar-refractivity contribution in [2.45, 2.75) is 32.2 Å². The van der Waals surface area contributed by atoms with E-state index >= 15 is 0 Å². The number of hydrogen-bond donors (Lipinski definition) is 1. The summed E-state index contributed by atoms with van der Waals surface area (Å²) in [5, 5.41) is 10.6. The first kappa shape index (κ1) is 13.2. The van der Waals surface area contributed by atoms with Gasteiger partial charge in [0.25, 0.3) is 0 Å². The highest BCUT2D eigenvalue weighted by molar-refractivity contribution is 7.09. The predicted molar refractivity (Wildman–Crippen MR) is 67.0 cm³/mol. The first-order chi connectivity index (χ1) is 7.59. The number of carbonyl (C=O) groups is 1. The lowest BCUT2D eigenvalue weighted by Gasteiger charge is -2.23. The summed E-state index contributed by atoms with van der Waals surface area (Å²) in [6.07, 6.45) is 2.03. The van der Waals surface area contributed by atoms with Gasteiger partial charge in [-0.3, -0.25) is 4.79 Å². The second-order valence-corrected chi connectivity index (χ2v) is 5.14. The number of carboxylic acids is 1. The molecule has 1 aromatic rings. The Kier molecular flexibility index (Phi) is 5.49. The molecule has 0 radical (unpaired) electrons. The van der Waals surface area contributed by atoms with Crippen LogP contribution in [0.4, 0.5) is 0 Å². The number of likely N-dealkylation sites (N-methyl/N-ethyl adjacent to an activating group) is 1. The standard InChI is InChI=1S/C12H19NO2S/c1-10(9-11-5-4-8-16-11)13(2)7-3-6-12(14)15/h4-5,8,10H,3,6-7,9H2,1-2H3,(H,14,15). The lowest BCUT2D eigenvalue weighted by atomic mass is 10.1. The minimum atomic E-state index is -0.709. The normalized spacial score (nSPS) is 12.9. The van der Waals surface area contributed by atoms with E-state index < -0.39 is 5.97 Å². The molecule has 16 heavy (non-hydrogen) atoms. The van der Waals surface area contributed by atoms with Crippen molar-refractivity contribution in [1.29, 1.82) is 0 Å². The quantitative estimate of drug-likeness (QED) is 0.797. The highest BCUT2D eigenvalue weighted by Gasteiger charge is 2.10. The number of hydrogen-bond acceptors (Lipinski definition) is 3. The van der Waals surface area contributed by atoms with E-state index in [1.54, 1.807) is 11.3 Å². The second-order valence-electron chi connectivity index (χ2n) is 4.11. The lowest BCUT2D eigenvalue weighted by Crippen LogP contribution is -2.31. The molecule has 1 unspecified atom stereocenters.